The van der Waals surface area contributed by atoms with Gasteiger partial charge in [0.25, 0.3) is 5.91 Å². The van der Waals surface area contributed by atoms with E-state index in [1.165, 1.54) is 12.1 Å². The van der Waals surface area contributed by atoms with Crippen LogP contribution in [0.2, 0.25) is 0 Å². The molecule has 1 atom stereocenters. The van der Waals surface area contributed by atoms with Gasteiger partial charge >= 0.3 is 0 Å². The lowest BCUT2D eigenvalue weighted by molar-refractivity contribution is -0.160. The van der Waals surface area contributed by atoms with E-state index in [0.29, 0.717) is 32.6 Å². The monoisotopic (exact) mass is 356 g/mol. The molecule has 1 saturated heterocycles. The van der Waals surface area contributed by atoms with E-state index < -0.39 is 5.60 Å². The summed E-state index contributed by atoms with van der Waals surface area (Å²) in [6.07, 6.45) is 1.22. The van der Waals surface area contributed by atoms with Crippen molar-refractivity contribution in [2.45, 2.75) is 31.5 Å². The Hall–Kier alpha value is -2.24. The number of aliphatic hydroxyl groups is 1. The molecule has 1 aliphatic heterocycles. The molecular weight excluding hydrogens is 331 g/mol. The minimum Gasteiger partial charge on any atom is -0.379 e. The Morgan fingerprint density at radius 3 is 2.50 bits per heavy atom. The molecule has 1 heterocycles. The molecule has 2 aromatic carbocycles. The first-order chi connectivity index (χ1) is 12.5. The highest BCUT2D eigenvalue weighted by molar-refractivity contribution is 5.86. The minimum atomic E-state index is -1.37. The second-order valence-corrected chi connectivity index (χ2v) is 7.15. The van der Waals surface area contributed by atoms with E-state index >= 15 is 0 Å². The van der Waals surface area contributed by atoms with Crippen LogP contribution in [-0.4, -0.2) is 46.6 Å². The van der Waals surface area contributed by atoms with Gasteiger partial charge in [-0.3, -0.25) is 9.69 Å². The van der Waals surface area contributed by atoms with E-state index in [9.17, 15) is 14.3 Å². The quantitative estimate of drug-likeness (QED) is 0.866. The number of hydrogen-bond donors (Lipinski definition) is 1. The third-order valence-corrected chi connectivity index (χ3v) is 4.82. The highest BCUT2D eigenvalue weighted by atomic mass is 19.1. The van der Waals surface area contributed by atoms with Crippen molar-refractivity contribution in [3.05, 3.63) is 71.5 Å². The van der Waals surface area contributed by atoms with E-state index in [1.807, 2.05) is 42.3 Å². The molecule has 0 aromatic heterocycles. The molecule has 4 nitrogen and oxygen atoms in total. The Kier molecular flexibility index (Phi) is 5.69. The predicted molar refractivity (Wildman–Crippen MR) is 98.8 cm³/mol. The van der Waals surface area contributed by atoms with Crippen molar-refractivity contribution in [2.24, 2.45) is 0 Å². The van der Waals surface area contributed by atoms with Gasteiger partial charge < -0.3 is 10.0 Å². The molecule has 0 spiro atoms. The van der Waals surface area contributed by atoms with Crippen LogP contribution < -0.4 is 0 Å². The molecule has 138 valence electrons. The summed E-state index contributed by atoms with van der Waals surface area (Å²) in [6.45, 7) is 1.97. The number of carbonyl (C=O) groups is 1. The minimum absolute atomic E-state index is 0.243. The summed E-state index contributed by atoms with van der Waals surface area (Å²) in [5, 5.41) is 11.0. The van der Waals surface area contributed by atoms with Crippen LogP contribution >= 0.6 is 0 Å². The van der Waals surface area contributed by atoms with Gasteiger partial charge in [0.2, 0.25) is 0 Å². The molecule has 1 amide bonds. The van der Waals surface area contributed by atoms with Crippen molar-refractivity contribution < 1.29 is 14.3 Å². The summed E-state index contributed by atoms with van der Waals surface area (Å²) in [5.74, 6) is -0.536. The number of likely N-dealkylation sites (tertiary alicyclic amines) is 1. The maximum Gasteiger partial charge on any atom is 0.256 e. The average Bonchev–Trinajstić information content (AvgIpc) is 2.62. The first kappa shape index (κ1) is 18.5. The van der Waals surface area contributed by atoms with Gasteiger partial charge in [-0.15, -0.1) is 0 Å². The molecule has 3 rings (SSSR count). The summed E-state index contributed by atoms with van der Waals surface area (Å²) in [7, 11) is 1.91. The Morgan fingerprint density at radius 1 is 1.12 bits per heavy atom. The fraction of sp³-hybridized carbons (Fsp3) is 0.381. The third kappa shape index (κ3) is 4.48. The molecule has 5 heteroatoms. The van der Waals surface area contributed by atoms with Crippen molar-refractivity contribution in [3.63, 3.8) is 0 Å². The molecule has 1 N–H and O–H groups in total. The number of halogens is 1. The van der Waals surface area contributed by atoms with Crippen LogP contribution in [-0.2, 0) is 17.9 Å². The number of piperidine rings is 1. The summed E-state index contributed by atoms with van der Waals surface area (Å²) in [5.41, 5.74) is 0.633. The number of rotatable bonds is 6. The number of carbonyl (C=O) groups excluding carboxylic acids is 1. The van der Waals surface area contributed by atoms with Crippen molar-refractivity contribution in [1.29, 1.82) is 0 Å². The SMILES string of the molecule is CN(Cc1ccccc1)C[C@@]1(O)CCCN(Cc2ccc(F)cc2)C1=O. The van der Waals surface area contributed by atoms with Gasteiger partial charge in [0.15, 0.2) is 5.60 Å². The van der Waals surface area contributed by atoms with Crippen molar-refractivity contribution in [3.8, 4) is 0 Å². The van der Waals surface area contributed by atoms with Gasteiger partial charge in [-0.05, 0) is 43.1 Å². The maximum absolute atomic E-state index is 13.1. The zero-order chi connectivity index (χ0) is 18.6. The van der Waals surface area contributed by atoms with E-state index in [4.69, 9.17) is 0 Å². The van der Waals surface area contributed by atoms with Gasteiger partial charge in [-0.25, -0.2) is 4.39 Å². The lowest BCUT2D eigenvalue weighted by Gasteiger charge is -2.40. The number of amides is 1. The smallest absolute Gasteiger partial charge is 0.256 e. The second kappa shape index (κ2) is 7.98. The van der Waals surface area contributed by atoms with E-state index in [1.54, 1.807) is 17.0 Å². The third-order valence-electron chi connectivity index (χ3n) is 4.82. The molecule has 1 aliphatic rings. The lowest BCUT2D eigenvalue weighted by atomic mass is 9.90. The zero-order valence-corrected chi connectivity index (χ0v) is 15.1. The van der Waals surface area contributed by atoms with Crippen LogP contribution in [0.5, 0.6) is 0 Å². The molecule has 0 radical (unpaired) electrons. The van der Waals surface area contributed by atoms with Crippen LogP contribution in [0.3, 0.4) is 0 Å². The van der Waals surface area contributed by atoms with Crippen molar-refractivity contribution in [2.75, 3.05) is 20.1 Å². The highest BCUT2D eigenvalue weighted by Crippen LogP contribution is 2.25. The number of likely N-dealkylation sites (N-methyl/N-ethyl adjacent to an activating group) is 1. The Bertz CT molecular complexity index is 735. The summed E-state index contributed by atoms with van der Waals surface area (Å²) >= 11 is 0. The Balaban J connectivity index is 1.64. The molecule has 0 unspecified atom stereocenters. The van der Waals surface area contributed by atoms with E-state index in [0.717, 1.165) is 17.5 Å². The van der Waals surface area contributed by atoms with E-state index in [2.05, 4.69) is 0 Å². The first-order valence-electron chi connectivity index (χ1n) is 8.95. The molecule has 1 fully saturated rings. The Labute approximate surface area is 153 Å². The van der Waals surface area contributed by atoms with Gasteiger partial charge in [-0.2, -0.15) is 0 Å². The van der Waals surface area contributed by atoms with Crippen molar-refractivity contribution in [1.82, 2.24) is 9.80 Å². The summed E-state index contributed by atoms with van der Waals surface area (Å²) in [6, 6.07) is 16.1. The summed E-state index contributed by atoms with van der Waals surface area (Å²) in [4.78, 5) is 16.5. The van der Waals surface area contributed by atoms with Crippen molar-refractivity contribution >= 4 is 5.91 Å². The Morgan fingerprint density at radius 2 is 1.81 bits per heavy atom. The highest BCUT2D eigenvalue weighted by Gasteiger charge is 2.42. The average molecular weight is 356 g/mol. The van der Waals surface area contributed by atoms with Crippen LogP contribution in [0.15, 0.2) is 54.6 Å². The van der Waals surface area contributed by atoms with Gasteiger partial charge in [0, 0.05) is 26.2 Å². The standard InChI is InChI=1S/C21H25FN2O2/c1-23(14-17-6-3-2-4-7-17)16-21(26)12-5-13-24(20(21)25)15-18-8-10-19(22)11-9-18/h2-4,6-11,26H,5,12-16H2,1H3/t21-/m0/s1. The lowest BCUT2D eigenvalue weighted by Crippen LogP contribution is -2.57. The molecule has 0 saturated carbocycles. The van der Waals surface area contributed by atoms with Crippen LogP contribution in [0.4, 0.5) is 4.39 Å². The molecular formula is C21H25FN2O2. The fourth-order valence-corrected chi connectivity index (χ4v) is 3.57. The van der Waals surface area contributed by atoms with Gasteiger partial charge in [0.05, 0.1) is 0 Å². The van der Waals surface area contributed by atoms with Gasteiger partial charge in [0.1, 0.15) is 5.82 Å². The normalized spacial score (nSPS) is 20.6. The fourth-order valence-electron chi connectivity index (χ4n) is 3.57. The molecule has 26 heavy (non-hydrogen) atoms. The first-order valence-corrected chi connectivity index (χ1v) is 8.95. The molecule has 0 aliphatic carbocycles. The molecule has 0 bridgehead atoms. The zero-order valence-electron chi connectivity index (χ0n) is 15.1. The maximum atomic E-state index is 13.1. The van der Waals surface area contributed by atoms with Crippen LogP contribution in [0.25, 0.3) is 0 Å². The van der Waals surface area contributed by atoms with Crippen LogP contribution in [0, 0.1) is 5.82 Å². The number of benzene rings is 2. The topological polar surface area (TPSA) is 43.8 Å². The summed E-state index contributed by atoms with van der Waals surface area (Å²) < 4.78 is 13.1. The molecule has 2 aromatic rings. The second-order valence-electron chi connectivity index (χ2n) is 7.15. The van der Waals surface area contributed by atoms with Gasteiger partial charge in [-0.1, -0.05) is 42.5 Å². The number of hydrogen-bond acceptors (Lipinski definition) is 3. The number of nitrogens with zero attached hydrogens (tertiary/aromatic N) is 2. The largest absolute Gasteiger partial charge is 0.379 e. The predicted octanol–water partition coefficient (Wildman–Crippen LogP) is 2.81. The van der Waals surface area contributed by atoms with E-state index in [-0.39, 0.29) is 11.7 Å². The van der Waals surface area contributed by atoms with Crippen LogP contribution in [0.1, 0.15) is 24.0 Å².